The van der Waals surface area contributed by atoms with E-state index in [-0.39, 0.29) is 5.56 Å². The number of pyridine rings is 1. The van der Waals surface area contributed by atoms with E-state index in [4.69, 9.17) is 10.5 Å². The minimum atomic E-state index is -0.0910. The molecule has 0 spiro atoms. The maximum absolute atomic E-state index is 11.9. The summed E-state index contributed by atoms with van der Waals surface area (Å²) in [4.78, 5) is 14.3. The number of nitrogens with zero attached hydrogens (tertiary/aromatic N) is 2. The molecule has 0 bridgehead atoms. The zero-order valence-corrected chi connectivity index (χ0v) is 14.3. The molecule has 1 saturated heterocycles. The molecule has 3 rings (SSSR count). The maximum atomic E-state index is 11.9. The van der Waals surface area contributed by atoms with Crippen LogP contribution in [0.25, 0.3) is 11.1 Å². The van der Waals surface area contributed by atoms with E-state index in [0.717, 1.165) is 30.8 Å². The number of anilines is 1. The number of aryl methyl sites for hydroxylation is 1. The van der Waals surface area contributed by atoms with Gasteiger partial charge in [-0.05, 0) is 49.1 Å². The van der Waals surface area contributed by atoms with Gasteiger partial charge in [0.15, 0.2) is 0 Å². The van der Waals surface area contributed by atoms with E-state index in [1.54, 1.807) is 18.7 Å². The van der Waals surface area contributed by atoms with E-state index in [2.05, 4.69) is 17.4 Å². The third-order valence-electron chi connectivity index (χ3n) is 4.50. The number of methoxy groups -OCH3 is 1. The average Bonchev–Trinajstić information content (AvgIpc) is 2.59. The van der Waals surface area contributed by atoms with Crippen LogP contribution in [0.3, 0.4) is 0 Å². The molecule has 1 aromatic carbocycles. The van der Waals surface area contributed by atoms with Crippen molar-refractivity contribution in [3.63, 3.8) is 0 Å². The summed E-state index contributed by atoms with van der Waals surface area (Å²) in [5, 5.41) is 0. The van der Waals surface area contributed by atoms with Crippen molar-refractivity contribution in [3.05, 3.63) is 52.8 Å². The molecule has 1 aliphatic heterocycles. The molecule has 1 aliphatic rings. The highest BCUT2D eigenvalue weighted by atomic mass is 16.5. The number of hydrogen-bond donors (Lipinski definition) is 1. The summed E-state index contributed by atoms with van der Waals surface area (Å²) in [7, 11) is 3.33. The second kappa shape index (κ2) is 7.09. The Balaban J connectivity index is 2.05. The van der Waals surface area contributed by atoms with Gasteiger partial charge in [0.2, 0.25) is 0 Å². The third-order valence-corrected chi connectivity index (χ3v) is 4.50. The summed E-state index contributed by atoms with van der Waals surface area (Å²) in [6, 6.07) is 7.49. The molecule has 2 aromatic rings. The molecule has 2 N–H and O–H groups in total. The van der Waals surface area contributed by atoms with E-state index in [1.165, 1.54) is 24.5 Å². The van der Waals surface area contributed by atoms with Crippen molar-refractivity contribution < 1.29 is 4.74 Å². The number of hydrogen-bond acceptors (Lipinski definition) is 4. The molecule has 0 saturated carbocycles. The molecule has 5 heteroatoms. The Morgan fingerprint density at radius 1 is 1.25 bits per heavy atom. The Hall–Kier alpha value is -2.27. The molecule has 24 heavy (non-hydrogen) atoms. The lowest BCUT2D eigenvalue weighted by Gasteiger charge is -2.27. The molecule has 0 amide bonds. The van der Waals surface area contributed by atoms with Crippen molar-refractivity contribution in [2.45, 2.75) is 19.4 Å². The van der Waals surface area contributed by atoms with Crippen LogP contribution in [-0.2, 0) is 13.6 Å². The van der Waals surface area contributed by atoms with Crippen LogP contribution in [-0.4, -0.2) is 29.7 Å². The van der Waals surface area contributed by atoms with Gasteiger partial charge in [0.25, 0.3) is 5.56 Å². The fraction of sp³-hybridized carbons (Fsp3) is 0.368. The monoisotopic (exact) mass is 326 g/mol. The minimum absolute atomic E-state index is 0.0910. The van der Waals surface area contributed by atoms with Crippen molar-refractivity contribution in [2.75, 3.05) is 25.9 Å². The molecular formula is C19H24N3O2. The number of ether oxygens (including phenoxy) is 1. The highest BCUT2D eigenvalue weighted by Gasteiger charge is 2.16. The van der Waals surface area contributed by atoms with Crippen LogP contribution in [0.15, 0.2) is 35.3 Å². The van der Waals surface area contributed by atoms with Gasteiger partial charge in [-0.3, -0.25) is 9.69 Å². The first kappa shape index (κ1) is 16.6. The van der Waals surface area contributed by atoms with Gasteiger partial charge in [-0.2, -0.15) is 0 Å². The number of nitrogen functional groups attached to an aromatic ring is 1. The summed E-state index contributed by atoms with van der Waals surface area (Å²) >= 11 is 0. The quantitative estimate of drug-likeness (QED) is 0.877. The Morgan fingerprint density at radius 3 is 2.79 bits per heavy atom. The van der Waals surface area contributed by atoms with Gasteiger partial charge in [-0.25, -0.2) is 0 Å². The molecule has 0 unspecified atom stereocenters. The molecule has 1 radical (unpaired) electrons. The summed E-state index contributed by atoms with van der Waals surface area (Å²) in [6.07, 6.45) is 6.54. The molecule has 127 valence electrons. The van der Waals surface area contributed by atoms with Gasteiger partial charge in [-0.1, -0.05) is 6.07 Å². The van der Waals surface area contributed by atoms with Crippen LogP contribution in [0.1, 0.15) is 18.4 Å². The van der Waals surface area contributed by atoms with Crippen molar-refractivity contribution in [1.29, 1.82) is 0 Å². The maximum Gasteiger partial charge on any atom is 0.254 e. The number of rotatable bonds is 4. The second-order valence-electron chi connectivity index (χ2n) is 6.29. The number of piperidine rings is 1. The van der Waals surface area contributed by atoms with Crippen LogP contribution in [0, 0.1) is 6.42 Å². The van der Waals surface area contributed by atoms with Crippen LogP contribution < -0.4 is 16.0 Å². The fourth-order valence-electron chi connectivity index (χ4n) is 3.18. The van der Waals surface area contributed by atoms with Crippen LogP contribution >= 0.6 is 0 Å². The van der Waals surface area contributed by atoms with E-state index in [9.17, 15) is 4.79 Å². The SMILES string of the molecule is COc1cc(=O)n(C)cc1-c1cc(N)ccc1CN1C[CH]CCC1. The molecule has 0 aliphatic carbocycles. The van der Waals surface area contributed by atoms with Gasteiger partial charge in [0.05, 0.1) is 7.11 Å². The first-order chi connectivity index (χ1) is 11.6. The standard InChI is InChI=1S/C19H24N3O2/c1-21-13-17(18(24-2)11-19(21)23)16-10-15(20)7-6-14(16)12-22-8-4-3-5-9-22/h4,6-7,10-11,13H,3,5,8-9,12,20H2,1-2H3. The smallest absolute Gasteiger partial charge is 0.254 e. The highest BCUT2D eigenvalue weighted by molar-refractivity contribution is 5.75. The number of nitrogens with two attached hydrogens (primary N) is 1. The van der Waals surface area contributed by atoms with E-state index in [1.807, 2.05) is 18.3 Å². The third kappa shape index (κ3) is 3.46. The molecule has 1 aromatic heterocycles. The van der Waals surface area contributed by atoms with E-state index in [0.29, 0.717) is 11.4 Å². The summed E-state index contributed by atoms with van der Waals surface area (Å²) < 4.78 is 7.02. The Kier molecular flexibility index (Phi) is 4.90. The van der Waals surface area contributed by atoms with Gasteiger partial charge in [-0.15, -0.1) is 0 Å². The molecule has 1 fully saturated rings. The zero-order chi connectivity index (χ0) is 17.1. The summed E-state index contributed by atoms with van der Waals surface area (Å²) in [5.74, 6) is 0.579. The zero-order valence-electron chi connectivity index (χ0n) is 14.3. The van der Waals surface area contributed by atoms with Crippen molar-refractivity contribution in [2.24, 2.45) is 7.05 Å². The van der Waals surface area contributed by atoms with Crippen molar-refractivity contribution in [3.8, 4) is 16.9 Å². The molecule has 5 nitrogen and oxygen atoms in total. The Morgan fingerprint density at radius 2 is 2.08 bits per heavy atom. The lowest BCUT2D eigenvalue weighted by molar-refractivity contribution is 0.255. The van der Waals surface area contributed by atoms with Gasteiger partial charge in [0.1, 0.15) is 5.75 Å². The van der Waals surface area contributed by atoms with Crippen LogP contribution in [0.5, 0.6) is 5.75 Å². The van der Waals surface area contributed by atoms with Gasteiger partial charge < -0.3 is 15.0 Å². The van der Waals surface area contributed by atoms with E-state index < -0.39 is 0 Å². The summed E-state index contributed by atoms with van der Waals surface area (Å²) in [5.41, 5.74) is 9.74. The molecular weight excluding hydrogens is 302 g/mol. The topological polar surface area (TPSA) is 60.5 Å². The van der Waals surface area contributed by atoms with Crippen LogP contribution in [0.2, 0.25) is 0 Å². The van der Waals surface area contributed by atoms with Crippen molar-refractivity contribution in [1.82, 2.24) is 9.47 Å². The van der Waals surface area contributed by atoms with Gasteiger partial charge >= 0.3 is 0 Å². The summed E-state index contributed by atoms with van der Waals surface area (Å²) in [6.45, 7) is 2.97. The Bertz CT molecular complexity index is 777. The highest BCUT2D eigenvalue weighted by Crippen LogP contribution is 2.33. The van der Waals surface area contributed by atoms with Gasteiger partial charge in [0, 0.05) is 43.7 Å². The average molecular weight is 326 g/mol. The number of likely N-dealkylation sites (tertiary alicyclic amines) is 1. The molecule has 2 heterocycles. The lowest BCUT2D eigenvalue weighted by Crippen LogP contribution is -2.29. The molecule has 0 atom stereocenters. The minimum Gasteiger partial charge on any atom is -0.496 e. The first-order valence-corrected chi connectivity index (χ1v) is 8.26. The van der Waals surface area contributed by atoms with Crippen molar-refractivity contribution >= 4 is 5.69 Å². The fourth-order valence-corrected chi connectivity index (χ4v) is 3.18. The predicted molar refractivity (Wildman–Crippen MR) is 96.9 cm³/mol. The van der Waals surface area contributed by atoms with E-state index >= 15 is 0 Å². The number of benzene rings is 1. The number of aromatic nitrogens is 1. The lowest BCUT2D eigenvalue weighted by atomic mass is 9.98. The first-order valence-electron chi connectivity index (χ1n) is 8.26. The second-order valence-corrected chi connectivity index (χ2v) is 6.29. The van der Waals surface area contributed by atoms with Crippen LogP contribution in [0.4, 0.5) is 5.69 Å². The Labute approximate surface area is 142 Å². The largest absolute Gasteiger partial charge is 0.496 e. The predicted octanol–water partition coefficient (Wildman–Crippen LogP) is 2.44. The normalized spacial score (nSPS) is 15.4.